The number of para-hydroxylation sites is 1. The Hall–Kier alpha value is -2.32. The van der Waals surface area contributed by atoms with E-state index in [1.54, 1.807) is 11.7 Å². The minimum Gasteiger partial charge on any atom is -0.382 e. The molecule has 33 heavy (non-hydrogen) atoms. The highest BCUT2D eigenvalue weighted by Crippen LogP contribution is 2.21. The number of ether oxygens (including phenoxy) is 1. The van der Waals surface area contributed by atoms with Crippen LogP contribution in [0.3, 0.4) is 0 Å². The highest BCUT2D eigenvalue weighted by atomic mass is 127. The van der Waals surface area contributed by atoms with E-state index in [-0.39, 0.29) is 24.0 Å². The molecule has 1 heterocycles. The number of hydrogen-bond donors (Lipinski definition) is 3. The van der Waals surface area contributed by atoms with Gasteiger partial charge >= 0.3 is 0 Å². The Morgan fingerprint density at radius 2 is 1.88 bits per heavy atom. The largest absolute Gasteiger partial charge is 0.382 e. The lowest BCUT2D eigenvalue weighted by Crippen LogP contribution is -2.39. The fourth-order valence-corrected chi connectivity index (χ4v) is 4.03. The summed E-state index contributed by atoms with van der Waals surface area (Å²) in [5.41, 5.74) is 8.19. The maximum absolute atomic E-state index is 9.53. The minimum absolute atomic E-state index is 0. The third-order valence-electron chi connectivity index (χ3n) is 5.76. The van der Waals surface area contributed by atoms with E-state index in [2.05, 4.69) is 26.8 Å². The van der Waals surface area contributed by atoms with Gasteiger partial charge in [0.05, 0.1) is 24.1 Å². The van der Waals surface area contributed by atoms with Crippen molar-refractivity contribution in [3.8, 4) is 11.8 Å². The predicted octanol–water partition coefficient (Wildman–Crippen LogP) is 3.78. The Labute approximate surface area is 214 Å². The van der Waals surface area contributed by atoms with Crippen molar-refractivity contribution in [2.24, 2.45) is 4.99 Å². The van der Waals surface area contributed by atoms with Crippen molar-refractivity contribution in [2.75, 3.05) is 32.5 Å². The number of nitrogens with one attached hydrogen (secondary N) is 2. The molecule has 180 valence electrons. The second-order valence-electron chi connectivity index (χ2n) is 8.08. The van der Waals surface area contributed by atoms with Crippen LogP contribution < -0.4 is 16.4 Å². The molecule has 4 N–H and O–H groups in total. The van der Waals surface area contributed by atoms with Gasteiger partial charge in [0.25, 0.3) is 0 Å². The molecular weight excluding hydrogens is 529 g/mol. The van der Waals surface area contributed by atoms with Gasteiger partial charge in [-0.15, -0.1) is 24.0 Å². The topological polar surface area (TPSA) is 113 Å². The summed E-state index contributed by atoms with van der Waals surface area (Å²) in [5, 5.41) is 20.7. The van der Waals surface area contributed by atoms with Crippen molar-refractivity contribution >= 4 is 35.8 Å². The first-order valence-electron chi connectivity index (χ1n) is 11.6. The van der Waals surface area contributed by atoms with E-state index in [9.17, 15) is 5.26 Å². The van der Waals surface area contributed by atoms with Gasteiger partial charge in [-0.05, 0) is 37.8 Å². The van der Waals surface area contributed by atoms with E-state index in [0.717, 1.165) is 30.3 Å². The predicted molar refractivity (Wildman–Crippen MR) is 143 cm³/mol. The number of nitrogens with two attached hydrogens (primary N) is 1. The number of hydrogen-bond acceptors (Lipinski definition) is 5. The van der Waals surface area contributed by atoms with Crippen LogP contribution in [0.1, 0.15) is 56.2 Å². The monoisotopic (exact) mass is 565 g/mol. The maximum atomic E-state index is 9.53. The molecule has 0 radical (unpaired) electrons. The molecule has 2 aromatic rings. The van der Waals surface area contributed by atoms with Crippen LogP contribution in [0.5, 0.6) is 0 Å². The third-order valence-corrected chi connectivity index (χ3v) is 5.76. The molecular formula is C24H36IN7O. The van der Waals surface area contributed by atoms with Crippen LogP contribution in [-0.2, 0) is 11.2 Å². The summed E-state index contributed by atoms with van der Waals surface area (Å²) in [7, 11) is 1.76. The van der Waals surface area contributed by atoms with Gasteiger partial charge in [-0.2, -0.15) is 10.4 Å². The number of nitrogen functional groups attached to an aromatic ring is 1. The van der Waals surface area contributed by atoms with Gasteiger partial charge in [-0.25, -0.2) is 4.68 Å². The number of guanidine groups is 1. The number of aromatic nitrogens is 2. The molecule has 0 aliphatic heterocycles. The Bertz CT molecular complexity index is 900. The molecule has 8 nitrogen and oxygen atoms in total. The molecule has 0 saturated heterocycles. The Balaban J connectivity index is 0.00000385. The van der Waals surface area contributed by atoms with Gasteiger partial charge in [0.15, 0.2) is 5.96 Å². The first-order valence-corrected chi connectivity index (χ1v) is 11.6. The molecule has 0 bridgehead atoms. The molecule has 0 unspecified atom stereocenters. The van der Waals surface area contributed by atoms with Gasteiger partial charge in [-0.3, -0.25) is 4.99 Å². The SMILES string of the molecule is CN=C(NCCCc1nn(-c2ccccc2)c(N)c1C#N)NCCOC1CCCCCC1.I. The van der Waals surface area contributed by atoms with Gasteiger partial charge in [0, 0.05) is 20.1 Å². The zero-order valence-corrected chi connectivity index (χ0v) is 21.8. The van der Waals surface area contributed by atoms with Crippen molar-refractivity contribution in [3.63, 3.8) is 0 Å². The molecule has 1 aromatic heterocycles. The van der Waals surface area contributed by atoms with Crippen molar-refractivity contribution in [1.29, 1.82) is 5.26 Å². The van der Waals surface area contributed by atoms with E-state index in [0.29, 0.717) is 37.1 Å². The Morgan fingerprint density at radius 1 is 1.18 bits per heavy atom. The normalized spacial score (nSPS) is 14.7. The molecule has 0 atom stereocenters. The Kier molecular flexibility index (Phi) is 12.0. The average molecular weight is 566 g/mol. The van der Waals surface area contributed by atoms with E-state index in [1.807, 2.05) is 30.3 Å². The van der Waals surface area contributed by atoms with Crippen LogP contribution in [0.15, 0.2) is 35.3 Å². The van der Waals surface area contributed by atoms with Gasteiger partial charge < -0.3 is 21.1 Å². The lowest BCUT2D eigenvalue weighted by atomic mass is 10.1. The zero-order chi connectivity index (χ0) is 22.6. The van der Waals surface area contributed by atoms with Crippen LogP contribution in [0, 0.1) is 11.3 Å². The first kappa shape index (κ1) is 26.9. The molecule has 1 saturated carbocycles. The molecule has 1 aliphatic rings. The van der Waals surface area contributed by atoms with E-state index < -0.39 is 0 Å². The third kappa shape index (κ3) is 8.19. The average Bonchev–Trinajstić information content (AvgIpc) is 2.97. The molecule has 1 aromatic carbocycles. The summed E-state index contributed by atoms with van der Waals surface area (Å²) < 4.78 is 7.65. The fraction of sp³-hybridized carbons (Fsp3) is 0.542. The number of aliphatic imine (C=N–C) groups is 1. The number of nitriles is 1. The lowest BCUT2D eigenvalue weighted by molar-refractivity contribution is 0.0468. The summed E-state index contributed by atoms with van der Waals surface area (Å²) in [6, 6.07) is 11.8. The van der Waals surface area contributed by atoms with Crippen LogP contribution in [-0.4, -0.2) is 48.6 Å². The fourth-order valence-electron chi connectivity index (χ4n) is 4.03. The molecule has 0 amide bonds. The molecule has 1 fully saturated rings. The molecule has 0 spiro atoms. The van der Waals surface area contributed by atoms with Gasteiger partial charge in [-0.1, -0.05) is 43.9 Å². The highest BCUT2D eigenvalue weighted by molar-refractivity contribution is 14.0. The van der Waals surface area contributed by atoms with E-state index in [4.69, 9.17) is 10.5 Å². The minimum atomic E-state index is 0. The Morgan fingerprint density at radius 3 is 2.55 bits per heavy atom. The van der Waals surface area contributed by atoms with Crippen LogP contribution in [0.25, 0.3) is 5.69 Å². The van der Waals surface area contributed by atoms with Crippen molar-refractivity contribution < 1.29 is 4.74 Å². The summed E-state index contributed by atoms with van der Waals surface area (Å²) in [5.74, 6) is 1.14. The lowest BCUT2D eigenvalue weighted by Gasteiger charge is -2.16. The number of anilines is 1. The molecule has 1 aliphatic carbocycles. The van der Waals surface area contributed by atoms with Crippen molar-refractivity contribution in [1.82, 2.24) is 20.4 Å². The first-order chi connectivity index (χ1) is 15.7. The smallest absolute Gasteiger partial charge is 0.191 e. The summed E-state index contributed by atoms with van der Waals surface area (Å²) in [4.78, 5) is 4.27. The van der Waals surface area contributed by atoms with Gasteiger partial charge in [0.2, 0.25) is 0 Å². The summed E-state index contributed by atoms with van der Waals surface area (Å²) in [6.45, 7) is 2.13. The highest BCUT2D eigenvalue weighted by Gasteiger charge is 2.16. The second kappa shape index (κ2) is 14.8. The maximum Gasteiger partial charge on any atom is 0.191 e. The quantitative estimate of drug-likeness (QED) is 0.140. The molecule has 9 heteroatoms. The van der Waals surface area contributed by atoms with Gasteiger partial charge in [0.1, 0.15) is 17.5 Å². The van der Waals surface area contributed by atoms with Crippen LogP contribution in [0.2, 0.25) is 0 Å². The molecule has 3 rings (SSSR count). The summed E-state index contributed by atoms with van der Waals surface area (Å²) >= 11 is 0. The second-order valence-corrected chi connectivity index (χ2v) is 8.08. The van der Waals surface area contributed by atoms with Crippen molar-refractivity contribution in [2.45, 2.75) is 57.5 Å². The van der Waals surface area contributed by atoms with Crippen molar-refractivity contribution in [3.05, 3.63) is 41.6 Å². The number of aryl methyl sites for hydroxylation is 1. The summed E-state index contributed by atoms with van der Waals surface area (Å²) in [6.07, 6.45) is 9.47. The van der Waals surface area contributed by atoms with E-state index >= 15 is 0 Å². The number of halogens is 1. The number of nitrogens with zero attached hydrogens (tertiary/aromatic N) is 4. The zero-order valence-electron chi connectivity index (χ0n) is 19.4. The standard InChI is InChI=1S/C24H35N7O.HI/c1-27-24(29-16-17-32-20-12-7-2-3-8-13-20)28-15-9-14-22-21(18-25)23(26)31(30-22)19-10-5-4-6-11-19;/h4-6,10-11,20H,2-3,7-9,12-17,26H2,1H3,(H2,27,28,29);1H. The van der Waals surface area contributed by atoms with E-state index in [1.165, 1.54) is 38.5 Å². The van der Waals surface area contributed by atoms with Crippen LogP contribution in [0.4, 0.5) is 5.82 Å². The number of benzene rings is 1. The number of rotatable bonds is 9. The van der Waals surface area contributed by atoms with Crippen LogP contribution >= 0.6 is 24.0 Å².